The minimum atomic E-state index is -0.116. The van der Waals surface area contributed by atoms with E-state index in [1.54, 1.807) is 18.2 Å². The summed E-state index contributed by atoms with van der Waals surface area (Å²) >= 11 is 5.95. The average molecular weight is 253 g/mol. The Kier molecular flexibility index (Phi) is 3.85. The number of rotatable bonds is 2. The van der Waals surface area contributed by atoms with Crippen LogP contribution in [0.3, 0.4) is 0 Å². The van der Waals surface area contributed by atoms with Crippen molar-refractivity contribution in [3.63, 3.8) is 0 Å². The second kappa shape index (κ2) is 5.37. The summed E-state index contributed by atoms with van der Waals surface area (Å²) in [6.45, 7) is 1.71. The van der Waals surface area contributed by atoms with Crippen molar-refractivity contribution >= 4 is 17.3 Å². The molecule has 0 aliphatic carbocycles. The molecule has 0 radical (unpaired) electrons. The second-order valence-electron chi connectivity index (χ2n) is 3.88. The van der Waals surface area contributed by atoms with E-state index in [0.29, 0.717) is 30.3 Å². The standard InChI is InChI=1S/C12H13ClN2O2/c13-10-2-1-9(6-14)12(5-10)15-3-4-17-8-11(15)7-16/h1-2,5,11,16H,3-4,7-8H2. The number of anilines is 1. The molecule has 4 nitrogen and oxygen atoms in total. The summed E-state index contributed by atoms with van der Waals surface area (Å²) in [7, 11) is 0. The van der Waals surface area contributed by atoms with Crippen molar-refractivity contribution in [3.05, 3.63) is 28.8 Å². The molecule has 0 aromatic heterocycles. The van der Waals surface area contributed by atoms with E-state index >= 15 is 0 Å². The molecule has 17 heavy (non-hydrogen) atoms. The van der Waals surface area contributed by atoms with Gasteiger partial charge in [0.1, 0.15) is 6.07 Å². The first-order valence-electron chi connectivity index (χ1n) is 5.41. The van der Waals surface area contributed by atoms with Crippen LogP contribution >= 0.6 is 11.6 Å². The molecule has 1 fully saturated rings. The van der Waals surface area contributed by atoms with Crippen LogP contribution in [0.1, 0.15) is 5.56 Å². The van der Waals surface area contributed by atoms with Crippen LogP contribution in [-0.4, -0.2) is 37.5 Å². The topological polar surface area (TPSA) is 56.5 Å². The van der Waals surface area contributed by atoms with Gasteiger partial charge < -0.3 is 14.7 Å². The van der Waals surface area contributed by atoms with E-state index in [1.807, 2.05) is 4.90 Å². The number of ether oxygens (including phenoxy) is 1. The first kappa shape index (κ1) is 12.2. The van der Waals surface area contributed by atoms with Crippen LogP contribution in [0.15, 0.2) is 18.2 Å². The van der Waals surface area contributed by atoms with Crippen LogP contribution in [0, 0.1) is 11.3 Å². The number of hydrogen-bond acceptors (Lipinski definition) is 4. The molecule has 0 spiro atoms. The Morgan fingerprint density at radius 2 is 2.41 bits per heavy atom. The highest BCUT2D eigenvalue weighted by Gasteiger charge is 2.24. The molecule has 0 bridgehead atoms. The molecule has 2 rings (SSSR count). The van der Waals surface area contributed by atoms with Gasteiger partial charge in [0.05, 0.1) is 37.1 Å². The molecule has 1 atom stereocenters. The van der Waals surface area contributed by atoms with Gasteiger partial charge in [-0.15, -0.1) is 0 Å². The molecular formula is C12H13ClN2O2. The van der Waals surface area contributed by atoms with Crippen molar-refractivity contribution < 1.29 is 9.84 Å². The molecule has 1 unspecified atom stereocenters. The van der Waals surface area contributed by atoms with Crippen LogP contribution in [0.4, 0.5) is 5.69 Å². The van der Waals surface area contributed by atoms with E-state index in [2.05, 4.69) is 6.07 Å². The summed E-state index contributed by atoms with van der Waals surface area (Å²) < 4.78 is 5.31. The Bertz CT molecular complexity index is 445. The normalized spacial score (nSPS) is 20.1. The minimum absolute atomic E-state index is 0.00260. The van der Waals surface area contributed by atoms with Crippen LogP contribution in [0.2, 0.25) is 5.02 Å². The van der Waals surface area contributed by atoms with Crippen molar-refractivity contribution in [2.24, 2.45) is 0 Å². The number of nitrogens with zero attached hydrogens (tertiary/aromatic N) is 2. The van der Waals surface area contributed by atoms with E-state index in [9.17, 15) is 5.11 Å². The maximum absolute atomic E-state index is 9.32. The van der Waals surface area contributed by atoms with Gasteiger partial charge in [-0.25, -0.2) is 0 Å². The van der Waals surface area contributed by atoms with E-state index in [1.165, 1.54) is 0 Å². The molecule has 1 aliphatic heterocycles. The van der Waals surface area contributed by atoms with Crippen molar-refractivity contribution in [1.82, 2.24) is 0 Å². The van der Waals surface area contributed by atoms with Crippen molar-refractivity contribution in [3.8, 4) is 6.07 Å². The Morgan fingerprint density at radius 3 is 3.12 bits per heavy atom. The molecule has 1 heterocycles. The van der Waals surface area contributed by atoms with Gasteiger partial charge in [-0.3, -0.25) is 0 Å². The lowest BCUT2D eigenvalue weighted by atomic mass is 10.1. The molecule has 1 N–H and O–H groups in total. The average Bonchev–Trinajstić information content (AvgIpc) is 2.38. The fraction of sp³-hybridized carbons (Fsp3) is 0.417. The highest BCUT2D eigenvalue weighted by atomic mass is 35.5. The number of halogens is 1. The number of morpholine rings is 1. The van der Waals surface area contributed by atoms with E-state index < -0.39 is 0 Å². The summed E-state index contributed by atoms with van der Waals surface area (Å²) in [5.41, 5.74) is 1.33. The monoisotopic (exact) mass is 252 g/mol. The molecule has 0 saturated carbocycles. The van der Waals surface area contributed by atoms with E-state index in [4.69, 9.17) is 21.6 Å². The zero-order valence-electron chi connectivity index (χ0n) is 9.27. The summed E-state index contributed by atoms with van der Waals surface area (Å²) in [4.78, 5) is 1.98. The van der Waals surface area contributed by atoms with Gasteiger partial charge in [-0.05, 0) is 18.2 Å². The molecule has 0 amide bonds. The number of hydrogen-bond donors (Lipinski definition) is 1. The highest BCUT2D eigenvalue weighted by molar-refractivity contribution is 6.30. The second-order valence-corrected chi connectivity index (χ2v) is 4.31. The van der Waals surface area contributed by atoms with Gasteiger partial charge in [0.15, 0.2) is 0 Å². The smallest absolute Gasteiger partial charge is 0.101 e. The number of nitriles is 1. The van der Waals surface area contributed by atoms with Gasteiger partial charge in [0.2, 0.25) is 0 Å². The van der Waals surface area contributed by atoms with Crippen LogP contribution in [-0.2, 0) is 4.74 Å². The van der Waals surface area contributed by atoms with Gasteiger partial charge in [0, 0.05) is 11.6 Å². The molecule has 90 valence electrons. The Labute approximate surface area is 105 Å². The fourth-order valence-electron chi connectivity index (χ4n) is 1.96. The lowest BCUT2D eigenvalue weighted by molar-refractivity contribution is 0.0727. The van der Waals surface area contributed by atoms with E-state index in [0.717, 1.165) is 5.69 Å². The van der Waals surface area contributed by atoms with Crippen LogP contribution in [0.25, 0.3) is 0 Å². The van der Waals surface area contributed by atoms with Gasteiger partial charge in [-0.1, -0.05) is 11.6 Å². The molecule has 1 aromatic carbocycles. The Balaban J connectivity index is 2.37. The first-order chi connectivity index (χ1) is 8.26. The number of aliphatic hydroxyl groups is 1. The molecule has 1 aromatic rings. The molecule has 5 heteroatoms. The zero-order valence-corrected chi connectivity index (χ0v) is 10.0. The molecular weight excluding hydrogens is 240 g/mol. The summed E-state index contributed by atoms with van der Waals surface area (Å²) in [5, 5.41) is 19.0. The van der Waals surface area contributed by atoms with Gasteiger partial charge in [-0.2, -0.15) is 5.26 Å². The Morgan fingerprint density at radius 1 is 1.59 bits per heavy atom. The molecule has 1 saturated heterocycles. The lowest BCUT2D eigenvalue weighted by Gasteiger charge is -2.36. The third kappa shape index (κ3) is 2.52. The largest absolute Gasteiger partial charge is 0.394 e. The van der Waals surface area contributed by atoms with Crippen molar-refractivity contribution in [2.75, 3.05) is 31.3 Å². The predicted octanol–water partition coefficient (Wildman–Crippen LogP) is 1.41. The van der Waals surface area contributed by atoms with Gasteiger partial charge >= 0.3 is 0 Å². The number of aliphatic hydroxyl groups excluding tert-OH is 1. The van der Waals surface area contributed by atoms with Gasteiger partial charge in [0.25, 0.3) is 0 Å². The quantitative estimate of drug-likeness (QED) is 0.865. The van der Waals surface area contributed by atoms with Crippen molar-refractivity contribution in [2.45, 2.75) is 6.04 Å². The summed E-state index contributed by atoms with van der Waals surface area (Å²) in [6.07, 6.45) is 0. The van der Waals surface area contributed by atoms with Crippen LogP contribution in [0.5, 0.6) is 0 Å². The SMILES string of the molecule is N#Cc1ccc(Cl)cc1N1CCOCC1CO. The number of benzene rings is 1. The Hall–Kier alpha value is -1.28. The first-order valence-corrected chi connectivity index (χ1v) is 5.79. The van der Waals surface area contributed by atoms with Crippen molar-refractivity contribution in [1.29, 1.82) is 5.26 Å². The fourth-order valence-corrected chi connectivity index (χ4v) is 2.13. The maximum atomic E-state index is 9.32. The maximum Gasteiger partial charge on any atom is 0.101 e. The lowest BCUT2D eigenvalue weighted by Crippen LogP contribution is -2.48. The predicted molar refractivity (Wildman–Crippen MR) is 65.2 cm³/mol. The summed E-state index contributed by atoms with van der Waals surface area (Å²) in [5.74, 6) is 0. The zero-order chi connectivity index (χ0) is 12.3. The highest BCUT2D eigenvalue weighted by Crippen LogP contribution is 2.27. The third-order valence-electron chi connectivity index (χ3n) is 2.83. The minimum Gasteiger partial charge on any atom is -0.394 e. The van der Waals surface area contributed by atoms with E-state index in [-0.39, 0.29) is 12.6 Å². The summed E-state index contributed by atoms with van der Waals surface area (Å²) in [6, 6.07) is 7.17. The molecule has 1 aliphatic rings. The van der Waals surface area contributed by atoms with Crippen LogP contribution < -0.4 is 4.90 Å². The third-order valence-corrected chi connectivity index (χ3v) is 3.06.